The van der Waals surface area contributed by atoms with Crippen LogP contribution in [0.3, 0.4) is 0 Å². The van der Waals surface area contributed by atoms with Gasteiger partial charge >= 0.3 is 5.97 Å². The average molecular weight is 988 g/mol. The normalized spacial score (nSPS) is 14.6. The van der Waals surface area contributed by atoms with E-state index in [9.17, 15) is 27.2 Å². The molecule has 2 aliphatic rings. The van der Waals surface area contributed by atoms with E-state index in [0.29, 0.717) is 58.7 Å². The molecule has 0 radical (unpaired) electrons. The van der Waals surface area contributed by atoms with Gasteiger partial charge in [-0.05, 0) is 100 Å². The number of carboxylic acid groups (broad SMARTS) is 1. The number of nitrogens with zero attached hydrogens (tertiary/aromatic N) is 2. The van der Waals surface area contributed by atoms with Crippen LogP contribution in [0.4, 0.5) is 17.6 Å². The van der Waals surface area contributed by atoms with Crippen molar-refractivity contribution in [3.8, 4) is 11.5 Å². The molecular formula is C54H56Cl2F4N4O5. The maximum atomic E-state index is 14.6. The molecule has 0 unspecified atom stereocenters. The summed E-state index contributed by atoms with van der Waals surface area (Å²) in [4.78, 5) is 28.4. The number of hydrogen-bond donors (Lipinski definition) is 3. The summed E-state index contributed by atoms with van der Waals surface area (Å²) in [5.74, 6) is -1.71. The minimum absolute atomic E-state index is 0.180. The molecule has 1 amide bonds. The molecule has 4 N–H and O–H groups in total. The fourth-order valence-corrected chi connectivity index (χ4v) is 8.52. The van der Waals surface area contributed by atoms with Gasteiger partial charge in [0.2, 0.25) is 5.91 Å². The van der Waals surface area contributed by atoms with Crippen molar-refractivity contribution in [3.05, 3.63) is 201 Å². The van der Waals surface area contributed by atoms with E-state index >= 15 is 0 Å². The van der Waals surface area contributed by atoms with Crippen LogP contribution in [-0.2, 0) is 9.59 Å². The van der Waals surface area contributed by atoms with E-state index in [0.717, 1.165) is 52.1 Å². The van der Waals surface area contributed by atoms with Crippen molar-refractivity contribution in [2.45, 2.75) is 37.8 Å². The van der Waals surface area contributed by atoms with Crippen LogP contribution in [0.15, 0.2) is 146 Å². The molecule has 6 aromatic rings. The molecule has 2 saturated heterocycles. The number of nitrogens with one attached hydrogen (secondary N) is 1. The second-order valence-electron chi connectivity index (χ2n) is 16.6. The lowest BCUT2D eigenvalue weighted by atomic mass is 9.93. The van der Waals surface area contributed by atoms with Crippen LogP contribution in [-0.4, -0.2) is 79.3 Å². The molecule has 69 heavy (non-hydrogen) atoms. The van der Waals surface area contributed by atoms with E-state index in [2.05, 4.69) is 15.1 Å². The van der Waals surface area contributed by atoms with Gasteiger partial charge in [0.15, 0.2) is 0 Å². The quantitative estimate of drug-likeness (QED) is 0.0871. The number of carboxylic acids is 1. The lowest BCUT2D eigenvalue weighted by Crippen LogP contribution is -2.43. The summed E-state index contributed by atoms with van der Waals surface area (Å²) in [6.45, 7) is 5.74. The lowest BCUT2D eigenvalue weighted by Gasteiger charge is -2.32. The first-order valence-corrected chi connectivity index (χ1v) is 23.6. The molecule has 0 atom stereocenters. The smallest absolute Gasteiger partial charge is 0.306 e. The second kappa shape index (κ2) is 26.7. The largest absolute Gasteiger partial charge is 0.491 e. The van der Waals surface area contributed by atoms with E-state index in [-0.39, 0.29) is 28.9 Å². The van der Waals surface area contributed by atoms with Gasteiger partial charge in [-0.3, -0.25) is 19.4 Å². The number of benzene rings is 6. The SMILES string of the molecule is NC(c1ccccc1F)c1ccccc1F.O=C(NC(c1ccccc1F)c1ccccc1F)C1CCN(CCOc2ccccc2Cl)CC1.O=C(O)C1CCN(CCOc2ccccc2Cl)CC1. The molecule has 2 heterocycles. The van der Waals surface area contributed by atoms with Crippen LogP contribution in [0.2, 0.25) is 10.0 Å². The van der Waals surface area contributed by atoms with Crippen molar-refractivity contribution in [1.82, 2.24) is 15.1 Å². The molecule has 0 spiro atoms. The minimum Gasteiger partial charge on any atom is -0.491 e. The molecule has 2 aliphatic heterocycles. The Hall–Kier alpha value is -5.96. The Balaban J connectivity index is 0.000000188. The summed E-state index contributed by atoms with van der Waals surface area (Å²) < 4.78 is 67.4. The number of carbonyl (C=O) groups excluding carboxylic acids is 1. The summed E-state index contributed by atoms with van der Waals surface area (Å²) in [7, 11) is 0. The van der Waals surface area contributed by atoms with E-state index < -0.39 is 41.3 Å². The fourth-order valence-electron chi connectivity index (χ4n) is 8.14. The first kappa shape index (κ1) is 52.4. The molecule has 2 fully saturated rings. The summed E-state index contributed by atoms with van der Waals surface area (Å²) in [6, 6.07) is 37.7. The van der Waals surface area contributed by atoms with Crippen molar-refractivity contribution in [3.63, 3.8) is 0 Å². The number of rotatable bonds is 15. The summed E-state index contributed by atoms with van der Waals surface area (Å²) in [5, 5.41) is 13.0. The number of ether oxygens (including phenoxy) is 2. The molecule has 9 nitrogen and oxygen atoms in total. The maximum absolute atomic E-state index is 14.6. The monoisotopic (exact) mass is 986 g/mol. The van der Waals surface area contributed by atoms with E-state index in [4.69, 9.17) is 43.5 Å². The van der Waals surface area contributed by atoms with Gasteiger partial charge in [0.1, 0.15) is 48.0 Å². The molecule has 8 rings (SSSR count). The van der Waals surface area contributed by atoms with Gasteiger partial charge in [0.25, 0.3) is 0 Å². The van der Waals surface area contributed by atoms with Crippen LogP contribution in [0.25, 0.3) is 0 Å². The Bertz CT molecular complexity index is 2490. The Morgan fingerprint density at radius 1 is 0.551 bits per heavy atom. The summed E-state index contributed by atoms with van der Waals surface area (Å²) in [6.07, 6.45) is 2.78. The van der Waals surface area contributed by atoms with Gasteiger partial charge < -0.3 is 25.6 Å². The van der Waals surface area contributed by atoms with Crippen molar-refractivity contribution in [1.29, 1.82) is 0 Å². The predicted octanol–water partition coefficient (Wildman–Crippen LogP) is 11.1. The highest BCUT2D eigenvalue weighted by atomic mass is 35.5. The molecule has 6 aromatic carbocycles. The number of piperidine rings is 2. The molecule has 15 heteroatoms. The lowest BCUT2D eigenvalue weighted by molar-refractivity contribution is -0.143. The van der Waals surface area contributed by atoms with Crippen molar-refractivity contribution < 1.29 is 41.7 Å². The van der Waals surface area contributed by atoms with Gasteiger partial charge in [-0.15, -0.1) is 0 Å². The number of hydrogen-bond acceptors (Lipinski definition) is 7. The second-order valence-corrected chi connectivity index (χ2v) is 17.4. The third-order valence-corrected chi connectivity index (χ3v) is 12.7. The fraction of sp³-hybridized carbons (Fsp3) is 0.296. The number of halogens is 6. The van der Waals surface area contributed by atoms with Crippen LogP contribution >= 0.6 is 23.2 Å². The zero-order chi connectivity index (χ0) is 49.1. The van der Waals surface area contributed by atoms with Gasteiger partial charge in [0, 0.05) is 41.3 Å². The highest BCUT2D eigenvalue weighted by Gasteiger charge is 2.30. The van der Waals surface area contributed by atoms with Gasteiger partial charge in [-0.25, -0.2) is 17.6 Å². The van der Waals surface area contributed by atoms with Crippen molar-refractivity contribution in [2.75, 3.05) is 52.5 Å². The van der Waals surface area contributed by atoms with Gasteiger partial charge in [-0.2, -0.15) is 0 Å². The zero-order valence-corrected chi connectivity index (χ0v) is 39.5. The van der Waals surface area contributed by atoms with E-state index in [1.165, 1.54) is 24.3 Å². The minimum atomic E-state index is -0.892. The van der Waals surface area contributed by atoms with Gasteiger partial charge in [-0.1, -0.05) is 120 Å². The number of likely N-dealkylation sites (tertiary alicyclic amines) is 2. The molecule has 0 aromatic heterocycles. The van der Waals surface area contributed by atoms with Crippen LogP contribution in [0, 0.1) is 35.1 Å². The van der Waals surface area contributed by atoms with Crippen molar-refractivity contribution >= 4 is 35.1 Å². The maximum Gasteiger partial charge on any atom is 0.306 e. The molecule has 364 valence electrons. The van der Waals surface area contributed by atoms with Crippen LogP contribution < -0.4 is 20.5 Å². The Morgan fingerprint density at radius 3 is 1.25 bits per heavy atom. The Labute approximate surface area is 410 Å². The van der Waals surface area contributed by atoms with E-state index in [1.54, 1.807) is 84.9 Å². The number of para-hydroxylation sites is 2. The highest BCUT2D eigenvalue weighted by molar-refractivity contribution is 6.32. The molecule has 0 aliphatic carbocycles. The third-order valence-electron chi connectivity index (χ3n) is 12.1. The number of carbonyl (C=O) groups is 2. The standard InChI is InChI=1S/C27H27ClF2N2O2.C14H18ClNO3.C13H11F2N/c28-22-9-3-6-12-25(22)34-18-17-32-15-13-19(14-16-32)27(33)31-26(20-7-1-4-10-23(20)29)21-8-2-5-11-24(21)30;15-12-3-1-2-4-13(12)19-10-9-16-7-5-11(6-8-16)14(17)18;14-11-7-3-1-5-9(11)13(16)10-6-2-4-8-12(10)15/h1-12,19,26H,13-18H2,(H,31,33);1-4,11H,5-10H2,(H,17,18);1-8,13H,16H2. The first-order chi connectivity index (χ1) is 33.4. The zero-order valence-electron chi connectivity index (χ0n) is 38.0. The van der Waals surface area contributed by atoms with Crippen LogP contribution in [0.1, 0.15) is 60.0 Å². The highest BCUT2D eigenvalue weighted by Crippen LogP contribution is 2.30. The Kier molecular flexibility index (Phi) is 20.3. The Morgan fingerprint density at radius 2 is 0.884 bits per heavy atom. The number of amides is 1. The molecule has 0 bridgehead atoms. The third kappa shape index (κ3) is 15.5. The number of nitrogens with two attached hydrogens (primary N) is 1. The van der Waals surface area contributed by atoms with Crippen LogP contribution in [0.5, 0.6) is 11.5 Å². The summed E-state index contributed by atoms with van der Waals surface area (Å²) in [5.41, 5.74) is 6.93. The topological polar surface area (TPSA) is 117 Å². The first-order valence-electron chi connectivity index (χ1n) is 22.8. The molecule has 0 saturated carbocycles. The number of aliphatic carboxylic acids is 1. The average Bonchev–Trinajstić information content (AvgIpc) is 3.36. The van der Waals surface area contributed by atoms with E-state index in [1.807, 2.05) is 36.4 Å². The van der Waals surface area contributed by atoms with Gasteiger partial charge in [0.05, 0.1) is 28.0 Å². The van der Waals surface area contributed by atoms with Crippen molar-refractivity contribution in [2.24, 2.45) is 17.6 Å². The predicted molar refractivity (Wildman–Crippen MR) is 261 cm³/mol. The summed E-state index contributed by atoms with van der Waals surface area (Å²) >= 11 is 12.1. The molecular weight excluding hydrogens is 932 g/mol.